The average molecular weight is 214 g/mol. The van der Waals surface area contributed by atoms with Crippen molar-refractivity contribution in [2.45, 2.75) is 45.6 Å². The number of esters is 2. The Bertz CT molecular complexity index is 243. The molecule has 0 saturated carbocycles. The Hall–Kier alpha value is -1.16. The van der Waals surface area contributed by atoms with Gasteiger partial charge in [0.1, 0.15) is 6.10 Å². The molecule has 0 radical (unpaired) electrons. The van der Waals surface area contributed by atoms with Crippen LogP contribution in [-0.2, 0) is 14.3 Å². The van der Waals surface area contributed by atoms with Gasteiger partial charge in [-0.05, 0) is 19.8 Å². The minimum Gasteiger partial charge on any atom is -0.388 e. The van der Waals surface area contributed by atoms with Crippen molar-refractivity contribution >= 4 is 11.9 Å². The van der Waals surface area contributed by atoms with E-state index < -0.39 is 18.0 Å². The summed E-state index contributed by atoms with van der Waals surface area (Å²) in [5, 5.41) is 8.81. The average Bonchev–Trinajstić information content (AvgIpc) is 2.17. The molecule has 4 nitrogen and oxygen atoms in total. The summed E-state index contributed by atoms with van der Waals surface area (Å²) in [6.45, 7) is 6.83. The van der Waals surface area contributed by atoms with Crippen LogP contribution in [-0.4, -0.2) is 23.1 Å². The second-order valence-electron chi connectivity index (χ2n) is 3.45. The quantitative estimate of drug-likeness (QED) is 0.315. The van der Waals surface area contributed by atoms with E-state index in [1.54, 1.807) is 0 Å². The molecule has 1 atom stereocenters. The van der Waals surface area contributed by atoms with Crippen LogP contribution >= 0.6 is 0 Å². The predicted molar refractivity (Wildman–Crippen MR) is 56.1 cm³/mol. The predicted octanol–water partition coefficient (Wildman–Crippen LogP) is 1.57. The Labute approximate surface area is 89.9 Å². The van der Waals surface area contributed by atoms with E-state index >= 15 is 0 Å². The highest BCUT2D eigenvalue weighted by Gasteiger charge is 2.17. The SMILES string of the molecule is C=C(CCCCC)C(=O)OC(=O)C(C)O. The van der Waals surface area contributed by atoms with Gasteiger partial charge in [0.05, 0.1) is 0 Å². The van der Waals surface area contributed by atoms with Crippen LogP contribution in [0, 0.1) is 0 Å². The molecular weight excluding hydrogens is 196 g/mol. The summed E-state index contributed by atoms with van der Waals surface area (Å²) < 4.78 is 4.38. The molecule has 0 amide bonds. The summed E-state index contributed by atoms with van der Waals surface area (Å²) in [5.41, 5.74) is 0.275. The van der Waals surface area contributed by atoms with Crippen LogP contribution in [0.25, 0.3) is 0 Å². The Kier molecular flexibility index (Phi) is 6.62. The van der Waals surface area contributed by atoms with E-state index in [1.807, 2.05) is 0 Å². The largest absolute Gasteiger partial charge is 0.388 e. The van der Waals surface area contributed by atoms with E-state index in [0.29, 0.717) is 6.42 Å². The fraction of sp³-hybridized carbons (Fsp3) is 0.636. The van der Waals surface area contributed by atoms with Crippen LogP contribution in [0.3, 0.4) is 0 Å². The zero-order chi connectivity index (χ0) is 11.8. The molecule has 0 aromatic rings. The third kappa shape index (κ3) is 6.01. The second-order valence-corrected chi connectivity index (χ2v) is 3.45. The van der Waals surface area contributed by atoms with Crippen molar-refractivity contribution in [2.24, 2.45) is 0 Å². The van der Waals surface area contributed by atoms with E-state index in [2.05, 4.69) is 18.2 Å². The van der Waals surface area contributed by atoms with Crippen LogP contribution < -0.4 is 0 Å². The van der Waals surface area contributed by atoms with Crippen LogP contribution in [0.4, 0.5) is 0 Å². The molecule has 0 fully saturated rings. The molecule has 1 N–H and O–H groups in total. The number of aliphatic hydroxyl groups excluding tert-OH is 1. The summed E-state index contributed by atoms with van der Waals surface area (Å²) in [4.78, 5) is 22.1. The summed E-state index contributed by atoms with van der Waals surface area (Å²) in [5.74, 6) is -1.67. The van der Waals surface area contributed by atoms with Gasteiger partial charge < -0.3 is 9.84 Å². The third-order valence-corrected chi connectivity index (χ3v) is 1.91. The number of hydrogen-bond donors (Lipinski definition) is 1. The zero-order valence-electron chi connectivity index (χ0n) is 9.28. The van der Waals surface area contributed by atoms with E-state index in [4.69, 9.17) is 5.11 Å². The lowest BCUT2D eigenvalue weighted by Crippen LogP contribution is -2.23. The molecule has 0 aliphatic rings. The summed E-state index contributed by atoms with van der Waals surface area (Å²) in [7, 11) is 0. The van der Waals surface area contributed by atoms with Crippen LogP contribution in [0.1, 0.15) is 39.5 Å². The van der Waals surface area contributed by atoms with Crippen molar-refractivity contribution in [1.82, 2.24) is 0 Å². The first-order valence-corrected chi connectivity index (χ1v) is 5.10. The van der Waals surface area contributed by atoms with Crippen molar-refractivity contribution in [3.63, 3.8) is 0 Å². The molecule has 0 saturated heterocycles. The van der Waals surface area contributed by atoms with Gasteiger partial charge in [-0.2, -0.15) is 0 Å². The standard InChI is InChI=1S/C11H18O4/c1-4-5-6-7-8(2)10(13)15-11(14)9(3)12/h9,12H,2,4-7H2,1,3H3. The maximum Gasteiger partial charge on any atom is 0.342 e. The molecule has 0 rings (SSSR count). The number of unbranched alkanes of at least 4 members (excludes halogenated alkanes) is 2. The molecule has 4 heteroatoms. The number of hydrogen-bond acceptors (Lipinski definition) is 4. The van der Waals surface area contributed by atoms with Crippen molar-refractivity contribution in [2.75, 3.05) is 0 Å². The number of carbonyl (C=O) groups is 2. The summed E-state index contributed by atoms with van der Waals surface area (Å²) >= 11 is 0. The van der Waals surface area contributed by atoms with Crippen LogP contribution in [0.2, 0.25) is 0 Å². The van der Waals surface area contributed by atoms with Crippen molar-refractivity contribution < 1.29 is 19.4 Å². The highest BCUT2D eigenvalue weighted by Crippen LogP contribution is 2.09. The number of aliphatic hydroxyl groups is 1. The van der Waals surface area contributed by atoms with E-state index in [1.165, 1.54) is 6.92 Å². The second kappa shape index (κ2) is 7.17. The lowest BCUT2D eigenvalue weighted by molar-refractivity contribution is -0.162. The van der Waals surface area contributed by atoms with Gasteiger partial charge in [0.15, 0.2) is 0 Å². The molecule has 0 spiro atoms. The third-order valence-electron chi connectivity index (χ3n) is 1.91. The zero-order valence-corrected chi connectivity index (χ0v) is 9.28. The Morgan fingerprint density at radius 3 is 2.47 bits per heavy atom. The van der Waals surface area contributed by atoms with Gasteiger partial charge in [0.25, 0.3) is 0 Å². The first-order valence-electron chi connectivity index (χ1n) is 5.10. The maximum absolute atomic E-state index is 11.2. The summed E-state index contributed by atoms with van der Waals surface area (Å²) in [6.07, 6.45) is 2.16. The van der Waals surface area contributed by atoms with Gasteiger partial charge in [-0.1, -0.05) is 26.3 Å². The van der Waals surface area contributed by atoms with Gasteiger partial charge in [-0.25, -0.2) is 9.59 Å². The van der Waals surface area contributed by atoms with Gasteiger partial charge in [-0.3, -0.25) is 0 Å². The van der Waals surface area contributed by atoms with Gasteiger partial charge in [0, 0.05) is 5.57 Å². The van der Waals surface area contributed by atoms with Crippen LogP contribution in [0.5, 0.6) is 0 Å². The fourth-order valence-electron chi connectivity index (χ4n) is 0.939. The lowest BCUT2D eigenvalue weighted by Gasteiger charge is -2.06. The molecule has 0 heterocycles. The summed E-state index contributed by atoms with van der Waals surface area (Å²) in [6, 6.07) is 0. The topological polar surface area (TPSA) is 63.6 Å². The van der Waals surface area contributed by atoms with Crippen molar-refractivity contribution in [1.29, 1.82) is 0 Å². The number of rotatable bonds is 6. The van der Waals surface area contributed by atoms with E-state index in [-0.39, 0.29) is 5.57 Å². The van der Waals surface area contributed by atoms with Gasteiger partial charge in [-0.15, -0.1) is 0 Å². The Morgan fingerprint density at radius 2 is 2.00 bits per heavy atom. The smallest absolute Gasteiger partial charge is 0.342 e. The molecule has 15 heavy (non-hydrogen) atoms. The number of carbonyl (C=O) groups excluding carboxylic acids is 2. The Morgan fingerprint density at radius 1 is 1.40 bits per heavy atom. The minimum atomic E-state index is -1.28. The molecule has 0 aromatic heterocycles. The molecular formula is C11H18O4. The molecule has 0 aliphatic carbocycles. The normalized spacial score (nSPS) is 11.9. The van der Waals surface area contributed by atoms with E-state index in [0.717, 1.165) is 19.3 Å². The van der Waals surface area contributed by atoms with Crippen LogP contribution in [0.15, 0.2) is 12.2 Å². The van der Waals surface area contributed by atoms with Gasteiger partial charge >= 0.3 is 11.9 Å². The molecule has 0 bridgehead atoms. The first kappa shape index (κ1) is 13.8. The number of ether oxygens (including phenoxy) is 1. The monoisotopic (exact) mass is 214 g/mol. The maximum atomic E-state index is 11.2. The van der Waals surface area contributed by atoms with Crippen molar-refractivity contribution in [3.05, 3.63) is 12.2 Å². The molecule has 86 valence electrons. The van der Waals surface area contributed by atoms with E-state index in [9.17, 15) is 9.59 Å². The molecule has 1 unspecified atom stereocenters. The van der Waals surface area contributed by atoms with Gasteiger partial charge in [0.2, 0.25) is 0 Å². The fourth-order valence-corrected chi connectivity index (χ4v) is 0.939. The molecule has 0 aliphatic heterocycles. The molecule has 0 aromatic carbocycles. The van der Waals surface area contributed by atoms with Crippen molar-refractivity contribution in [3.8, 4) is 0 Å². The highest BCUT2D eigenvalue weighted by molar-refractivity contribution is 5.96. The minimum absolute atomic E-state index is 0.275. The highest BCUT2D eigenvalue weighted by atomic mass is 16.6. The lowest BCUT2D eigenvalue weighted by atomic mass is 10.1. The Balaban J connectivity index is 3.89. The first-order chi connectivity index (χ1) is 6.99.